The number of amides is 1. The molecule has 0 aliphatic carbocycles. The summed E-state index contributed by atoms with van der Waals surface area (Å²) in [5.74, 6) is 0.879. The summed E-state index contributed by atoms with van der Waals surface area (Å²) in [6.07, 6.45) is 0. The van der Waals surface area contributed by atoms with Crippen molar-refractivity contribution in [2.75, 3.05) is 6.54 Å². The van der Waals surface area contributed by atoms with Gasteiger partial charge in [0.25, 0.3) is 0 Å². The van der Waals surface area contributed by atoms with Crippen LogP contribution < -0.4 is 0 Å². The maximum atomic E-state index is 12.1. The molecule has 0 radical (unpaired) electrons. The van der Waals surface area contributed by atoms with Gasteiger partial charge in [-0.1, -0.05) is 42.8 Å². The number of hydrogen-bond donors (Lipinski definition) is 0. The van der Waals surface area contributed by atoms with Crippen LogP contribution in [0.5, 0.6) is 0 Å². The van der Waals surface area contributed by atoms with Gasteiger partial charge in [-0.2, -0.15) is 0 Å². The van der Waals surface area contributed by atoms with Crippen LogP contribution in [0.1, 0.15) is 37.6 Å². The smallest absolute Gasteiger partial charge is 0.225 e. The van der Waals surface area contributed by atoms with E-state index in [0.29, 0.717) is 13.1 Å². The van der Waals surface area contributed by atoms with Crippen LogP contribution in [-0.2, 0) is 11.3 Å². The van der Waals surface area contributed by atoms with Gasteiger partial charge in [-0.15, -0.1) is 0 Å². The van der Waals surface area contributed by atoms with Crippen molar-refractivity contribution >= 4 is 5.91 Å². The molecule has 1 aromatic heterocycles. The van der Waals surface area contributed by atoms with Crippen LogP contribution in [-0.4, -0.2) is 22.5 Å². The SMILES string of the molecule is CCN(Cc1cc(-c2ccc(C)cc2C)on1)C(=O)C(C)C. The van der Waals surface area contributed by atoms with Crippen molar-refractivity contribution in [1.82, 2.24) is 10.1 Å². The van der Waals surface area contributed by atoms with E-state index in [4.69, 9.17) is 4.52 Å². The maximum absolute atomic E-state index is 12.1. The van der Waals surface area contributed by atoms with E-state index in [1.54, 1.807) is 4.90 Å². The number of carbonyl (C=O) groups excluding carboxylic acids is 1. The first-order chi connectivity index (χ1) is 10.4. The Labute approximate surface area is 132 Å². The maximum Gasteiger partial charge on any atom is 0.225 e. The second-order valence-corrected chi connectivity index (χ2v) is 6.01. The molecule has 2 rings (SSSR count). The lowest BCUT2D eigenvalue weighted by molar-refractivity contribution is -0.134. The third-order valence-electron chi connectivity index (χ3n) is 3.75. The highest BCUT2D eigenvalue weighted by molar-refractivity contribution is 5.78. The van der Waals surface area contributed by atoms with E-state index < -0.39 is 0 Å². The van der Waals surface area contributed by atoms with Gasteiger partial charge < -0.3 is 9.42 Å². The number of nitrogens with zero attached hydrogens (tertiary/aromatic N) is 2. The fourth-order valence-corrected chi connectivity index (χ4v) is 2.51. The normalized spacial score (nSPS) is 11.0. The fourth-order valence-electron chi connectivity index (χ4n) is 2.51. The van der Waals surface area contributed by atoms with Gasteiger partial charge >= 0.3 is 0 Å². The predicted octanol–water partition coefficient (Wildman–Crippen LogP) is 3.96. The quantitative estimate of drug-likeness (QED) is 0.839. The Balaban J connectivity index is 2.19. The van der Waals surface area contributed by atoms with Gasteiger partial charge in [0.1, 0.15) is 5.69 Å². The van der Waals surface area contributed by atoms with Crippen molar-refractivity contribution in [1.29, 1.82) is 0 Å². The Hall–Kier alpha value is -2.10. The van der Waals surface area contributed by atoms with E-state index in [0.717, 1.165) is 22.6 Å². The number of carbonyl (C=O) groups is 1. The van der Waals surface area contributed by atoms with Gasteiger partial charge in [-0.05, 0) is 26.3 Å². The number of aryl methyl sites for hydroxylation is 2. The molecule has 4 heteroatoms. The minimum atomic E-state index is -0.00864. The number of hydrogen-bond acceptors (Lipinski definition) is 3. The molecule has 0 N–H and O–H groups in total. The molecule has 22 heavy (non-hydrogen) atoms. The molecule has 0 unspecified atom stereocenters. The lowest BCUT2D eigenvalue weighted by Crippen LogP contribution is -2.33. The van der Waals surface area contributed by atoms with E-state index in [1.165, 1.54) is 5.56 Å². The average Bonchev–Trinajstić information content (AvgIpc) is 2.92. The van der Waals surface area contributed by atoms with E-state index in [2.05, 4.69) is 31.1 Å². The van der Waals surface area contributed by atoms with E-state index in [-0.39, 0.29) is 11.8 Å². The molecule has 0 aliphatic rings. The van der Waals surface area contributed by atoms with E-state index in [9.17, 15) is 4.79 Å². The van der Waals surface area contributed by atoms with Crippen molar-refractivity contribution in [3.8, 4) is 11.3 Å². The summed E-state index contributed by atoms with van der Waals surface area (Å²) in [7, 11) is 0. The Morgan fingerprint density at radius 2 is 2.00 bits per heavy atom. The van der Waals surface area contributed by atoms with Crippen LogP contribution in [0.3, 0.4) is 0 Å². The predicted molar refractivity (Wildman–Crippen MR) is 87.3 cm³/mol. The summed E-state index contributed by atoms with van der Waals surface area (Å²) in [5.41, 5.74) is 4.21. The van der Waals surface area contributed by atoms with E-state index >= 15 is 0 Å². The number of rotatable bonds is 5. The van der Waals surface area contributed by atoms with Gasteiger partial charge in [0, 0.05) is 24.1 Å². The Morgan fingerprint density at radius 3 is 2.59 bits per heavy atom. The summed E-state index contributed by atoms with van der Waals surface area (Å²) in [6.45, 7) is 11.1. The molecule has 1 amide bonds. The summed E-state index contributed by atoms with van der Waals surface area (Å²) < 4.78 is 5.47. The zero-order chi connectivity index (χ0) is 16.3. The van der Waals surface area contributed by atoms with Crippen molar-refractivity contribution in [3.63, 3.8) is 0 Å². The highest BCUT2D eigenvalue weighted by atomic mass is 16.5. The van der Waals surface area contributed by atoms with Crippen LogP contribution in [0.4, 0.5) is 0 Å². The topological polar surface area (TPSA) is 46.3 Å². The molecule has 0 bridgehead atoms. The molecule has 0 spiro atoms. The minimum absolute atomic E-state index is 0.00864. The Bertz CT molecular complexity index is 659. The first-order valence-corrected chi connectivity index (χ1v) is 7.74. The first kappa shape index (κ1) is 16.3. The van der Waals surface area contributed by atoms with Crippen LogP contribution in [0.25, 0.3) is 11.3 Å². The molecular formula is C18H24N2O2. The summed E-state index contributed by atoms with van der Waals surface area (Å²) >= 11 is 0. The zero-order valence-electron chi connectivity index (χ0n) is 14.0. The second-order valence-electron chi connectivity index (χ2n) is 6.01. The Morgan fingerprint density at radius 1 is 1.27 bits per heavy atom. The summed E-state index contributed by atoms with van der Waals surface area (Å²) in [6, 6.07) is 8.16. The third kappa shape index (κ3) is 3.56. The lowest BCUT2D eigenvalue weighted by atomic mass is 10.0. The molecule has 0 saturated heterocycles. The van der Waals surface area contributed by atoms with Crippen LogP contribution in [0.2, 0.25) is 0 Å². The van der Waals surface area contributed by atoms with Crippen LogP contribution >= 0.6 is 0 Å². The molecule has 118 valence electrons. The van der Waals surface area contributed by atoms with Crippen LogP contribution in [0.15, 0.2) is 28.8 Å². The van der Waals surface area contributed by atoms with E-state index in [1.807, 2.05) is 32.9 Å². The molecule has 0 aliphatic heterocycles. The standard InChI is InChI=1S/C18H24N2O2/c1-6-20(18(21)12(2)3)11-15-10-17(22-19-15)16-8-7-13(4)9-14(16)5/h7-10,12H,6,11H2,1-5H3. The van der Waals surface area contributed by atoms with Gasteiger partial charge in [0.2, 0.25) is 5.91 Å². The number of aromatic nitrogens is 1. The molecule has 4 nitrogen and oxygen atoms in total. The minimum Gasteiger partial charge on any atom is -0.356 e. The van der Waals surface area contributed by atoms with Crippen molar-refractivity contribution in [2.45, 2.75) is 41.2 Å². The first-order valence-electron chi connectivity index (χ1n) is 7.74. The van der Waals surface area contributed by atoms with Gasteiger partial charge in [0.05, 0.1) is 6.54 Å². The molecule has 0 atom stereocenters. The average molecular weight is 300 g/mol. The summed E-state index contributed by atoms with van der Waals surface area (Å²) in [5, 5.41) is 4.12. The second kappa shape index (κ2) is 6.77. The molecule has 0 fully saturated rings. The van der Waals surface area contributed by atoms with Gasteiger partial charge in [0.15, 0.2) is 5.76 Å². The highest BCUT2D eigenvalue weighted by Gasteiger charge is 2.18. The van der Waals surface area contributed by atoms with Crippen molar-refractivity contribution < 1.29 is 9.32 Å². The van der Waals surface area contributed by atoms with Crippen molar-refractivity contribution in [3.05, 3.63) is 41.1 Å². The Kier molecular flexibility index (Phi) is 5.01. The molecule has 1 heterocycles. The molecule has 1 aromatic carbocycles. The summed E-state index contributed by atoms with van der Waals surface area (Å²) in [4.78, 5) is 13.9. The number of benzene rings is 1. The lowest BCUT2D eigenvalue weighted by Gasteiger charge is -2.21. The van der Waals surface area contributed by atoms with Gasteiger partial charge in [-0.3, -0.25) is 4.79 Å². The van der Waals surface area contributed by atoms with Gasteiger partial charge in [-0.25, -0.2) is 0 Å². The molecule has 0 saturated carbocycles. The molecule has 2 aromatic rings. The monoisotopic (exact) mass is 300 g/mol. The molecular weight excluding hydrogens is 276 g/mol. The highest BCUT2D eigenvalue weighted by Crippen LogP contribution is 2.25. The van der Waals surface area contributed by atoms with Crippen LogP contribution in [0, 0.1) is 19.8 Å². The fraction of sp³-hybridized carbons (Fsp3) is 0.444. The largest absolute Gasteiger partial charge is 0.356 e. The zero-order valence-corrected chi connectivity index (χ0v) is 14.0. The van der Waals surface area contributed by atoms with Crippen molar-refractivity contribution in [2.24, 2.45) is 5.92 Å². The third-order valence-corrected chi connectivity index (χ3v) is 3.75.